The molecule has 4 aromatic rings. The van der Waals surface area contributed by atoms with Crippen molar-refractivity contribution >= 4 is 28.9 Å². The molecule has 1 aliphatic heterocycles. The second kappa shape index (κ2) is 9.55. The second-order valence-electron chi connectivity index (χ2n) is 8.05. The summed E-state index contributed by atoms with van der Waals surface area (Å²) in [5.41, 5.74) is 1.38. The lowest BCUT2D eigenvalue weighted by Gasteiger charge is -2.34. The lowest BCUT2D eigenvalue weighted by Crippen LogP contribution is -2.50. The molecule has 3 aromatic heterocycles. The fourth-order valence-electron chi connectivity index (χ4n) is 4.22. The molecule has 1 fully saturated rings. The minimum absolute atomic E-state index is 0.131. The number of anilines is 1. The highest BCUT2D eigenvalue weighted by Gasteiger charge is 2.33. The Labute approximate surface area is 199 Å². The lowest BCUT2D eigenvalue weighted by molar-refractivity contribution is 0.0601. The normalized spacial score (nSPS) is 15.7. The van der Waals surface area contributed by atoms with E-state index in [0.29, 0.717) is 29.8 Å². The van der Waals surface area contributed by atoms with Crippen molar-refractivity contribution in [1.29, 1.82) is 0 Å². The molecule has 1 aromatic carbocycles. The van der Waals surface area contributed by atoms with Crippen molar-refractivity contribution < 1.29 is 18.7 Å². The van der Waals surface area contributed by atoms with Crippen molar-refractivity contribution in [3.05, 3.63) is 71.8 Å². The standard InChI is InChI=1S/C24H22FN7O3/c1-35-24(34)18-6-3-11-27-21(18)31(16-5-2-10-26-14-16)23(33)17-9-8-15(13-19(17)25)32-22-20(29-30-32)7-4-12-28-22/h3-4,6-9,11-13,16,26H,2,5,10,14H2,1H3/t16-/m1/s1. The van der Waals surface area contributed by atoms with E-state index in [2.05, 4.69) is 25.6 Å². The predicted octanol–water partition coefficient (Wildman–Crippen LogP) is 2.54. The van der Waals surface area contributed by atoms with Crippen molar-refractivity contribution in [1.82, 2.24) is 30.3 Å². The third-order valence-electron chi connectivity index (χ3n) is 5.91. The van der Waals surface area contributed by atoms with Crippen LogP contribution in [0.3, 0.4) is 0 Å². The fourth-order valence-corrected chi connectivity index (χ4v) is 4.22. The molecule has 1 atom stereocenters. The minimum Gasteiger partial charge on any atom is -0.465 e. The van der Waals surface area contributed by atoms with Crippen LogP contribution in [-0.4, -0.2) is 63.1 Å². The topological polar surface area (TPSA) is 115 Å². The van der Waals surface area contributed by atoms with E-state index in [9.17, 15) is 9.59 Å². The van der Waals surface area contributed by atoms with Gasteiger partial charge in [0.05, 0.1) is 24.4 Å². The Bertz CT molecular complexity index is 1400. The van der Waals surface area contributed by atoms with Gasteiger partial charge in [-0.3, -0.25) is 9.69 Å². The van der Waals surface area contributed by atoms with Crippen molar-refractivity contribution in [3.63, 3.8) is 0 Å². The summed E-state index contributed by atoms with van der Waals surface area (Å²) >= 11 is 0. The molecule has 35 heavy (non-hydrogen) atoms. The highest BCUT2D eigenvalue weighted by Crippen LogP contribution is 2.27. The number of rotatable bonds is 5. The Kier molecular flexibility index (Phi) is 6.15. The van der Waals surface area contributed by atoms with E-state index in [1.54, 1.807) is 30.5 Å². The van der Waals surface area contributed by atoms with Crippen LogP contribution < -0.4 is 10.2 Å². The van der Waals surface area contributed by atoms with Crippen LogP contribution in [0.1, 0.15) is 33.6 Å². The summed E-state index contributed by atoms with van der Waals surface area (Å²) in [6.45, 7) is 1.30. The first kappa shape index (κ1) is 22.5. The van der Waals surface area contributed by atoms with Crippen LogP contribution in [0, 0.1) is 5.82 Å². The van der Waals surface area contributed by atoms with E-state index in [4.69, 9.17) is 4.74 Å². The zero-order valence-electron chi connectivity index (χ0n) is 18.9. The number of methoxy groups -OCH3 is 1. The number of piperidine rings is 1. The number of amides is 1. The molecule has 1 amide bonds. The maximum Gasteiger partial charge on any atom is 0.341 e. The van der Waals surface area contributed by atoms with Gasteiger partial charge in [-0.15, -0.1) is 5.10 Å². The molecule has 11 heteroatoms. The number of carbonyl (C=O) groups excluding carboxylic acids is 2. The average Bonchev–Trinajstić information content (AvgIpc) is 3.33. The minimum atomic E-state index is -0.739. The van der Waals surface area contributed by atoms with Crippen molar-refractivity contribution in [2.75, 3.05) is 25.1 Å². The van der Waals surface area contributed by atoms with E-state index in [0.717, 1.165) is 13.0 Å². The number of hydrogen-bond acceptors (Lipinski definition) is 8. The van der Waals surface area contributed by atoms with Crippen LogP contribution in [-0.2, 0) is 4.74 Å². The Morgan fingerprint density at radius 2 is 1.97 bits per heavy atom. The van der Waals surface area contributed by atoms with Crippen LogP contribution in [0.4, 0.5) is 10.2 Å². The first-order valence-corrected chi connectivity index (χ1v) is 11.1. The van der Waals surface area contributed by atoms with Gasteiger partial charge in [0.2, 0.25) is 0 Å². The van der Waals surface area contributed by atoms with Crippen molar-refractivity contribution in [3.8, 4) is 5.69 Å². The molecule has 0 aliphatic carbocycles. The van der Waals surface area contributed by atoms with Crippen molar-refractivity contribution in [2.45, 2.75) is 18.9 Å². The zero-order valence-corrected chi connectivity index (χ0v) is 18.9. The number of nitrogens with one attached hydrogen (secondary N) is 1. The Morgan fingerprint density at radius 1 is 1.14 bits per heavy atom. The number of halogens is 1. The number of ether oxygens (including phenoxy) is 1. The molecule has 10 nitrogen and oxygen atoms in total. The second-order valence-corrected chi connectivity index (χ2v) is 8.05. The number of pyridine rings is 2. The van der Waals surface area contributed by atoms with Gasteiger partial charge in [0.25, 0.3) is 5.91 Å². The van der Waals surface area contributed by atoms with E-state index >= 15 is 4.39 Å². The van der Waals surface area contributed by atoms with Gasteiger partial charge in [0, 0.05) is 25.0 Å². The van der Waals surface area contributed by atoms with Gasteiger partial charge in [-0.1, -0.05) is 5.21 Å². The SMILES string of the molecule is COC(=O)c1cccnc1N(C(=O)c1ccc(-n2nnc3cccnc32)cc1F)[C@@H]1CCCNC1. The average molecular weight is 475 g/mol. The lowest BCUT2D eigenvalue weighted by atomic mass is 10.0. The van der Waals surface area contributed by atoms with Crippen LogP contribution in [0.2, 0.25) is 0 Å². The van der Waals surface area contributed by atoms with Gasteiger partial charge in [-0.05, 0) is 55.8 Å². The first-order valence-electron chi connectivity index (χ1n) is 11.1. The van der Waals surface area contributed by atoms with E-state index in [1.165, 1.54) is 41.1 Å². The number of fused-ring (bicyclic) bond motifs is 1. The third-order valence-corrected chi connectivity index (χ3v) is 5.91. The molecule has 0 unspecified atom stereocenters. The Morgan fingerprint density at radius 3 is 2.74 bits per heavy atom. The molecule has 0 bridgehead atoms. The number of carbonyl (C=O) groups is 2. The third kappa shape index (κ3) is 4.21. The highest BCUT2D eigenvalue weighted by atomic mass is 19.1. The molecule has 0 spiro atoms. The summed E-state index contributed by atoms with van der Waals surface area (Å²) in [7, 11) is 1.26. The quantitative estimate of drug-likeness (QED) is 0.438. The molecule has 1 saturated heterocycles. The van der Waals surface area contributed by atoms with Gasteiger partial charge >= 0.3 is 5.97 Å². The van der Waals surface area contributed by atoms with E-state index < -0.39 is 17.7 Å². The van der Waals surface area contributed by atoms with Gasteiger partial charge in [-0.2, -0.15) is 4.68 Å². The molecule has 0 radical (unpaired) electrons. The molecular formula is C24H22FN7O3. The maximum atomic E-state index is 15.4. The molecule has 1 N–H and O–H groups in total. The summed E-state index contributed by atoms with van der Waals surface area (Å²) in [5, 5.41) is 11.3. The van der Waals surface area contributed by atoms with Gasteiger partial charge < -0.3 is 10.1 Å². The summed E-state index contributed by atoms with van der Waals surface area (Å²) in [4.78, 5) is 36.1. The zero-order chi connectivity index (χ0) is 24.4. The summed E-state index contributed by atoms with van der Waals surface area (Å²) in [6.07, 6.45) is 4.58. The molecule has 4 heterocycles. The number of esters is 1. The molecule has 178 valence electrons. The Balaban J connectivity index is 1.56. The number of hydrogen-bond donors (Lipinski definition) is 1. The first-order chi connectivity index (χ1) is 17.1. The summed E-state index contributed by atoms with van der Waals surface area (Å²) in [6, 6.07) is 10.5. The number of benzene rings is 1. The highest BCUT2D eigenvalue weighted by molar-refractivity contribution is 6.09. The van der Waals surface area contributed by atoms with Crippen LogP contribution >= 0.6 is 0 Å². The van der Waals surface area contributed by atoms with Gasteiger partial charge in [-0.25, -0.2) is 19.2 Å². The Hall–Kier alpha value is -4.25. The summed E-state index contributed by atoms with van der Waals surface area (Å²) in [5.74, 6) is -1.84. The van der Waals surface area contributed by atoms with Crippen LogP contribution in [0.15, 0.2) is 54.9 Å². The van der Waals surface area contributed by atoms with Gasteiger partial charge in [0.15, 0.2) is 5.65 Å². The van der Waals surface area contributed by atoms with Crippen LogP contribution in [0.25, 0.3) is 16.9 Å². The van der Waals surface area contributed by atoms with E-state index in [-0.39, 0.29) is 23.0 Å². The smallest absolute Gasteiger partial charge is 0.341 e. The van der Waals surface area contributed by atoms with Gasteiger partial charge in [0.1, 0.15) is 22.7 Å². The van der Waals surface area contributed by atoms with E-state index in [1.807, 2.05) is 0 Å². The summed E-state index contributed by atoms with van der Waals surface area (Å²) < 4.78 is 21.7. The molecule has 0 saturated carbocycles. The fraction of sp³-hybridized carbons (Fsp3) is 0.250. The number of aromatic nitrogens is 5. The molecular weight excluding hydrogens is 453 g/mol. The predicted molar refractivity (Wildman–Crippen MR) is 125 cm³/mol. The molecule has 5 rings (SSSR count). The van der Waals surface area contributed by atoms with Crippen LogP contribution in [0.5, 0.6) is 0 Å². The monoisotopic (exact) mass is 475 g/mol. The molecule has 1 aliphatic rings. The maximum absolute atomic E-state index is 15.4. The largest absolute Gasteiger partial charge is 0.465 e. The van der Waals surface area contributed by atoms with Crippen molar-refractivity contribution in [2.24, 2.45) is 0 Å². The number of nitrogens with zero attached hydrogens (tertiary/aromatic N) is 6.